The molecule has 0 saturated heterocycles. The highest BCUT2D eigenvalue weighted by molar-refractivity contribution is 7.99. The first-order chi connectivity index (χ1) is 11.3. The molecule has 6 nitrogen and oxygen atoms in total. The number of hydrogen-bond donors (Lipinski definition) is 2. The second-order valence-electron chi connectivity index (χ2n) is 6.50. The molecule has 0 fully saturated rings. The third kappa shape index (κ3) is 4.88. The summed E-state index contributed by atoms with van der Waals surface area (Å²) in [6.45, 7) is 6.41. The molecule has 0 aromatic heterocycles. The summed E-state index contributed by atoms with van der Waals surface area (Å²) in [4.78, 5) is 25.2. The largest absolute Gasteiger partial charge is 0.444 e. The van der Waals surface area contributed by atoms with Gasteiger partial charge in [-0.3, -0.25) is 4.79 Å². The Bertz CT molecular complexity index is 600. The number of aliphatic hydroxyl groups excluding tert-OH is 1. The lowest BCUT2D eigenvalue weighted by atomic mass is 10.1. The normalized spacial score (nSPS) is 16.9. The van der Waals surface area contributed by atoms with Gasteiger partial charge in [-0.1, -0.05) is 18.2 Å². The highest BCUT2D eigenvalue weighted by Crippen LogP contribution is 2.31. The Morgan fingerprint density at radius 3 is 2.71 bits per heavy atom. The Kier molecular flexibility index (Phi) is 6.12. The minimum Gasteiger partial charge on any atom is -0.444 e. The molecule has 0 saturated carbocycles. The van der Waals surface area contributed by atoms with E-state index in [1.54, 1.807) is 30.0 Å². The number of carbonyl (C=O) groups excluding carboxylic acids is 2. The Hall–Kier alpha value is -1.73. The highest BCUT2D eigenvalue weighted by atomic mass is 32.2. The van der Waals surface area contributed by atoms with Crippen LogP contribution < -0.4 is 5.32 Å². The maximum absolute atomic E-state index is 12.2. The van der Waals surface area contributed by atoms with E-state index in [-0.39, 0.29) is 5.91 Å². The summed E-state index contributed by atoms with van der Waals surface area (Å²) < 4.78 is 5.14. The first-order valence-electron chi connectivity index (χ1n) is 7.92. The summed E-state index contributed by atoms with van der Waals surface area (Å²) in [5.74, 6) is 1.27. The molecule has 1 aliphatic heterocycles. The van der Waals surface area contributed by atoms with E-state index in [1.165, 1.54) is 4.90 Å². The van der Waals surface area contributed by atoms with Gasteiger partial charge in [-0.25, -0.2) is 4.79 Å². The smallest absolute Gasteiger partial charge is 0.407 e. The summed E-state index contributed by atoms with van der Waals surface area (Å²) in [6.07, 6.45) is -1.29. The summed E-state index contributed by atoms with van der Waals surface area (Å²) >= 11 is 1.61. The van der Waals surface area contributed by atoms with Crippen molar-refractivity contribution in [2.75, 3.05) is 24.6 Å². The maximum atomic E-state index is 12.2. The van der Waals surface area contributed by atoms with Gasteiger partial charge in [0.1, 0.15) is 5.60 Å². The van der Waals surface area contributed by atoms with E-state index < -0.39 is 17.9 Å². The number of alkyl carbamates (subject to hydrolysis) is 1. The molecule has 0 radical (unpaired) electrons. The van der Waals surface area contributed by atoms with Crippen molar-refractivity contribution < 1.29 is 19.4 Å². The van der Waals surface area contributed by atoms with Crippen molar-refractivity contribution >= 4 is 23.8 Å². The van der Waals surface area contributed by atoms with E-state index in [9.17, 15) is 14.7 Å². The Morgan fingerprint density at radius 1 is 1.33 bits per heavy atom. The number of nitrogens with one attached hydrogen (secondary N) is 1. The number of amides is 2. The molecule has 1 atom stereocenters. The average molecular weight is 352 g/mol. The number of thioether (sulfide) groups is 1. The van der Waals surface area contributed by atoms with Crippen LogP contribution >= 0.6 is 11.8 Å². The second-order valence-corrected chi connectivity index (χ2v) is 7.73. The predicted octanol–water partition coefficient (Wildman–Crippen LogP) is 2.39. The van der Waals surface area contributed by atoms with Crippen LogP contribution in [0, 0.1) is 0 Å². The van der Waals surface area contributed by atoms with E-state index >= 15 is 0 Å². The van der Waals surface area contributed by atoms with Gasteiger partial charge < -0.3 is 20.1 Å². The minimum atomic E-state index is -0.866. The molecule has 132 valence electrons. The van der Waals surface area contributed by atoms with Crippen molar-refractivity contribution in [2.45, 2.75) is 32.6 Å². The van der Waals surface area contributed by atoms with Gasteiger partial charge in [-0.05, 0) is 26.8 Å². The van der Waals surface area contributed by atoms with Crippen LogP contribution in [0.5, 0.6) is 0 Å². The number of aliphatic hydroxyl groups is 1. The van der Waals surface area contributed by atoms with Gasteiger partial charge in [0.2, 0.25) is 0 Å². The standard InChI is InChI=1S/C17H24N2O4S/c1-17(2,3)23-16(22)18-8-10-24-11-9-19-14(20)12-6-4-5-7-13(12)15(19)21/h4-7,14,20H,8-11H2,1-3H3,(H,18,22). The van der Waals surface area contributed by atoms with Crippen LogP contribution in [0.3, 0.4) is 0 Å². The molecule has 1 aliphatic rings. The van der Waals surface area contributed by atoms with Gasteiger partial charge in [0, 0.05) is 35.7 Å². The molecular formula is C17H24N2O4S. The monoisotopic (exact) mass is 352 g/mol. The number of fused-ring (bicyclic) bond motifs is 1. The summed E-state index contributed by atoms with van der Waals surface area (Å²) in [6, 6.07) is 7.12. The van der Waals surface area contributed by atoms with Crippen molar-refractivity contribution in [3.63, 3.8) is 0 Å². The Balaban J connectivity index is 1.65. The molecule has 0 spiro atoms. The fourth-order valence-corrected chi connectivity index (χ4v) is 3.16. The minimum absolute atomic E-state index is 0.134. The van der Waals surface area contributed by atoms with Crippen molar-refractivity contribution in [3.8, 4) is 0 Å². The number of benzene rings is 1. The summed E-state index contributed by atoms with van der Waals surface area (Å²) in [7, 11) is 0. The van der Waals surface area contributed by atoms with Crippen molar-refractivity contribution in [2.24, 2.45) is 0 Å². The Labute approximate surface area is 146 Å². The third-order valence-electron chi connectivity index (χ3n) is 3.42. The average Bonchev–Trinajstić information content (AvgIpc) is 2.74. The third-order valence-corrected chi connectivity index (χ3v) is 4.38. The number of rotatable bonds is 6. The van der Waals surface area contributed by atoms with Crippen LogP contribution in [0.15, 0.2) is 24.3 Å². The molecule has 0 bridgehead atoms. The SMILES string of the molecule is CC(C)(C)OC(=O)NCCSCCN1C(=O)c2ccccc2C1O. The zero-order chi connectivity index (χ0) is 17.7. The molecule has 7 heteroatoms. The van der Waals surface area contributed by atoms with E-state index in [4.69, 9.17) is 4.74 Å². The maximum Gasteiger partial charge on any atom is 0.407 e. The zero-order valence-electron chi connectivity index (χ0n) is 14.2. The van der Waals surface area contributed by atoms with Crippen LogP contribution in [-0.2, 0) is 4.74 Å². The molecule has 1 heterocycles. The molecule has 2 rings (SSSR count). The van der Waals surface area contributed by atoms with E-state index in [0.29, 0.717) is 35.7 Å². The molecule has 0 aliphatic carbocycles. The van der Waals surface area contributed by atoms with Crippen molar-refractivity contribution in [3.05, 3.63) is 35.4 Å². The number of ether oxygens (including phenoxy) is 1. The molecule has 1 unspecified atom stereocenters. The molecular weight excluding hydrogens is 328 g/mol. The van der Waals surface area contributed by atoms with E-state index in [1.807, 2.05) is 26.8 Å². The lowest BCUT2D eigenvalue weighted by molar-refractivity contribution is 0.0207. The predicted molar refractivity (Wildman–Crippen MR) is 94.0 cm³/mol. The van der Waals surface area contributed by atoms with Crippen LogP contribution in [0.1, 0.15) is 42.9 Å². The van der Waals surface area contributed by atoms with E-state index in [2.05, 4.69) is 5.32 Å². The zero-order valence-corrected chi connectivity index (χ0v) is 15.1. The van der Waals surface area contributed by atoms with Crippen LogP contribution in [-0.4, -0.2) is 52.2 Å². The van der Waals surface area contributed by atoms with Gasteiger partial charge in [0.15, 0.2) is 6.23 Å². The molecule has 1 aromatic carbocycles. The van der Waals surface area contributed by atoms with Crippen LogP contribution in [0.25, 0.3) is 0 Å². The van der Waals surface area contributed by atoms with Crippen LogP contribution in [0.4, 0.5) is 4.79 Å². The summed E-state index contributed by atoms with van der Waals surface area (Å²) in [5, 5.41) is 12.9. The van der Waals surface area contributed by atoms with Crippen molar-refractivity contribution in [1.29, 1.82) is 0 Å². The molecule has 2 N–H and O–H groups in total. The lowest BCUT2D eigenvalue weighted by Gasteiger charge is -2.21. The van der Waals surface area contributed by atoms with Crippen molar-refractivity contribution in [1.82, 2.24) is 10.2 Å². The topological polar surface area (TPSA) is 78.9 Å². The summed E-state index contributed by atoms with van der Waals surface area (Å²) in [5.41, 5.74) is 0.735. The van der Waals surface area contributed by atoms with Crippen LogP contribution in [0.2, 0.25) is 0 Å². The number of hydrogen-bond acceptors (Lipinski definition) is 5. The number of carbonyl (C=O) groups is 2. The highest BCUT2D eigenvalue weighted by Gasteiger charge is 2.34. The molecule has 2 amide bonds. The first-order valence-corrected chi connectivity index (χ1v) is 9.07. The lowest BCUT2D eigenvalue weighted by Crippen LogP contribution is -2.34. The fraction of sp³-hybridized carbons (Fsp3) is 0.529. The Morgan fingerprint density at radius 2 is 2.04 bits per heavy atom. The van der Waals surface area contributed by atoms with Gasteiger partial charge in [-0.15, -0.1) is 0 Å². The first kappa shape index (κ1) is 18.6. The van der Waals surface area contributed by atoms with Gasteiger partial charge in [0.05, 0.1) is 0 Å². The van der Waals surface area contributed by atoms with Gasteiger partial charge >= 0.3 is 6.09 Å². The number of nitrogens with zero attached hydrogens (tertiary/aromatic N) is 1. The second kappa shape index (κ2) is 7.90. The van der Waals surface area contributed by atoms with E-state index in [0.717, 1.165) is 0 Å². The molecule has 24 heavy (non-hydrogen) atoms. The van der Waals surface area contributed by atoms with Gasteiger partial charge in [-0.2, -0.15) is 11.8 Å². The quantitative estimate of drug-likeness (QED) is 0.769. The molecule has 1 aromatic rings. The van der Waals surface area contributed by atoms with Gasteiger partial charge in [0.25, 0.3) is 5.91 Å². The fourth-order valence-electron chi connectivity index (χ4n) is 2.38.